The van der Waals surface area contributed by atoms with Gasteiger partial charge in [-0.25, -0.2) is 0 Å². The molecule has 4 heteroatoms. The zero-order chi connectivity index (χ0) is 13.8. The number of carbonyl (C=O) groups excluding carboxylic acids is 1. The fourth-order valence-corrected chi connectivity index (χ4v) is 3.38. The maximum atomic E-state index is 10.5. The molecule has 1 rings (SSSR count). The normalized spacial score (nSPS) is 26.1. The molecule has 0 spiro atoms. The highest BCUT2D eigenvalue weighted by molar-refractivity contribution is 6.74. The minimum Gasteiger partial charge on any atom is -0.411 e. The Balaban J connectivity index is 2.64. The lowest BCUT2D eigenvalue weighted by Crippen LogP contribution is -2.49. The van der Waals surface area contributed by atoms with E-state index in [0.717, 1.165) is 32.2 Å². The Morgan fingerprint density at radius 3 is 2.61 bits per heavy atom. The summed E-state index contributed by atoms with van der Waals surface area (Å²) in [5.41, 5.74) is 0. The van der Waals surface area contributed by atoms with Gasteiger partial charge in [0.25, 0.3) is 0 Å². The minimum atomic E-state index is -1.74. The average molecular weight is 272 g/mol. The van der Waals surface area contributed by atoms with Crippen molar-refractivity contribution in [3.05, 3.63) is 0 Å². The van der Waals surface area contributed by atoms with Crippen LogP contribution >= 0.6 is 0 Å². The van der Waals surface area contributed by atoms with E-state index in [1.807, 2.05) is 0 Å². The van der Waals surface area contributed by atoms with E-state index < -0.39 is 8.32 Å². The van der Waals surface area contributed by atoms with E-state index in [2.05, 4.69) is 33.9 Å². The maximum Gasteiger partial charge on any atom is 0.192 e. The van der Waals surface area contributed by atoms with Gasteiger partial charge in [0.1, 0.15) is 6.29 Å². The molecule has 1 saturated heterocycles. The third-order valence-corrected chi connectivity index (χ3v) is 8.71. The Morgan fingerprint density at radius 1 is 1.39 bits per heavy atom. The number of aldehydes is 1. The molecule has 0 N–H and O–H groups in total. The Hall–Kier alpha value is -0.193. The van der Waals surface area contributed by atoms with Crippen LogP contribution in [0.25, 0.3) is 0 Å². The number of hydrogen-bond donors (Lipinski definition) is 0. The molecule has 1 fully saturated rings. The summed E-state index contributed by atoms with van der Waals surface area (Å²) in [6, 6.07) is 0. The summed E-state index contributed by atoms with van der Waals surface area (Å²) in [5.74, 6) is 0. The number of hydrogen-bond acceptors (Lipinski definition) is 3. The zero-order valence-electron chi connectivity index (χ0n) is 12.5. The van der Waals surface area contributed by atoms with E-state index in [0.29, 0.717) is 6.42 Å². The van der Waals surface area contributed by atoms with Gasteiger partial charge in [-0.15, -0.1) is 0 Å². The molecular formula is C14H28O3Si. The lowest BCUT2D eigenvalue weighted by molar-refractivity contribution is -0.110. The van der Waals surface area contributed by atoms with Gasteiger partial charge >= 0.3 is 0 Å². The standard InChI is InChI=1S/C14H28O3Si/c1-14(2,3)18(4,5)17-13-9-7-11-16-12(13)8-6-10-15/h10,12-13H,6-9,11H2,1-5H3/t12-,13+/m0/s1. The van der Waals surface area contributed by atoms with Crippen molar-refractivity contribution in [3.63, 3.8) is 0 Å². The van der Waals surface area contributed by atoms with Gasteiger partial charge in [0, 0.05) is 13.0 Å². The van der Waals surface area contributed by atoms with Crippen LogP contribution in [0.2, 0.25) is 18.1 Å². The maximum absolute atomic E-state index is 10.5. The van der Waals surface area contributed by atoms with Crippen LogP contribution in [0.3, 0.4) is 0 Å². The molecule has 0 bridgehead atoms. The molecule has 0 aromatic carbocycles. The van der Waals surface area contributed by atoms with Crippen LogP contribution in [0.5, 0.6) is 0 Å². The smallest absolute Gasteiger partial charge is 0.192 e. The summed E-state index contributed by atoms with van der Waals surface area (Å²) in [6.07, 6.45) is 4.76. The molecule has 0 unspecified atom stereocenters. The van der Waals surface area contributed by atoms with Crippen molar-refractivity contribution in [2.75, 3.05) is 6.61 Å². The molecule has 0 amide bonds. The molecular weight excluding hydrogens is 244 g/mol. The van der Waals surface area contributed by atoms with Gasteiger partial charge in [0.15, 0.2) is 8.32 Å². The lowest BCUT2D eigenvalue weighted by atomic mass is 10.0. The number of rotatable bonds is 5. The fourth-order valence-electron chi connectivity index (χ4n) is 2.00. The van der Waals surface area contributed by atoms with Crippen LogP contribution in [-0.2, 0) is 14.0 Å². The molecule has 0 aromatic heterocycles. The highest BCUT2D eigenvalue weighted by Crippen LogP contribution is 2.39. The van der Waals surface area contributed by atoms with Gasteiger partial charge < -0.3 is 14.0 Å². The number of ether oxygens (including phenoxy) is 1. The second kappa shape index (κ2) is 6.31. The molecule has 0 aromatic rings. The summed E-state index contributed by atoms with van der Waals surface area (Å²) in [4.78, 5) is 10.5. The average Bonchev–Trinajstić information content (AvgIpc) is 2.26. The second-order valence-corrected chi connectivity index (χ2v) is 11.5. The van der Waals surface area contributed by atoms with E-state index in [4.69, 9.17) is 9.16 Å². The third kappa shape index (κ3) is 4.18. The largest absolute Gasteiger partial charge is 0.411 e. The van der Waals surface area contributed by atoms with Gasteiger partial charge in [0.2, 0.25) is 0 Å². The molecule has 0 aliphatic carbocycles. The highest BCUT2D eigenvalue weighted by atomic mass is 28.4. The van der Waals surface area contributed by atoms with Gasteiger partial charge in [-0.3, -0.25) is 0 Å². The monoisotopic (exact) mass is 272 g/mol. The van der Waals surface area contributed by atoms with E-state index in [1.165, 1.54) is 0 Å². The summed E-state index contributed by atoms with van der Waals surface area (Å²) in [6.45, 7) is 12.1. The molecule has 0 saturated carbocycles. The highest BCUT2D eigenvalue weighted by Gasteiger charge is 2.41. The molecule has 18 heavy (non-hydrogen) atoms. The predicted octanol–water partition coefficient (Wildman–Crippen LogP) is 3.53. The molecule has 1 heterocycles. The van der Waals surface area contributed by atoms with Gasteiger partial charge in [-0.1, -0.05) is 20.8 Å². The van der Waals surface area contributed by atoms with Crippen LogP contribution < -0.4 is 0 Å². The third-order valence-electron chi connectivity index (χ3n) is 4.20. The van der Waals surface area contributed by atoms with E-state index in [9.17, 15) is 4.79 Å². The molecule has 3 nitrogen and oxygen atoms in total. The minimum absolute atomic E-state index is 0.109. The summed E-state index contributed by atoms with van der Waals surface area (Å²) < 4.78 is 12.2. The fraction of sp³-hybridized carbons (Fsp3) is 0.929. The van der Waals surface area contributed by atoms with Gasteiger partial charge in [-0.05, 0) is 37.4 Å². The Bertz CT molecular complexity index is 271. The Morgan fingerprint density at radius 2 is 2.06 bits per heavy atom. The van der Waals surface area contributed by atoms with Crippen LogP contribution in [0.4, 0.5) is 0 Å². The van der Waals surface area contributed by atoms with Crippen molar-refractivity contribution < 1.29 is 14.0 Å². The van der Waals surface area contributed by atoms with Crippen molar-refractivity contribution in [3.8, 4) is 0 Å². The zero-order valence-corrected chi connectivity index (χ0v) is 13.5. The summed E-state index contributed by atoms with van der Waals surface area (Å²) >= 11 is 0. The topological polar surface area (TPSA) is 35.5 Å². The first-order valence-electron chi connectivity index (χ1n) is 7.01. The predicted molar refractivity (Wildman–Crippen MR) is 76.3 cm³/mol. The van der Waals surface area contributed by atoms with Crippen LogP contribution in [0.15, 0.2) is 0 Å². The SMILES string of the molecule is CC(C)(C)[Si](C)(C)O[C@@H]1CCCO[C@H]1CCC=O. The Labute approximate surface area is 112 Å². The Kier molecular flexibility index (Phi) is 5.56. The van der Waals surface area contributed by atoms with Crippen LogP contribution in [0.1, 0.15) is 46.5 Å². The summed E-state index contributed by atoms with van der Waals surface area (Å²) in [7, 11) is -1.74. The molecule has 1 aliphatic rings. The van der Waals surface area contributed by atoms with Crippen LogP contribution in [-0.4, -0.2) is 33.4 Å². The van der Waals surface area contributed by atoms with E-state index in [-0.39, 0.29) is 17.2 Å². The quantitative estimate of drug-likeness (QED) is 0.567. The lowest BCUT2D eigenvalue weighted by Gasteiger charge is -2.42. The van der Waals surface area contributed by atoms with Gasteiger partial charge in [-0.2, -0.15) is 0 Å². The van der Waals surface area contributed by atoms with Gasteiger partial charge in [0.05, 0.1) is 12.2 Å². The summed E-state index contributed by atoms with van der Waals surface area (Å²) in [5, 5.41) is 0.222. The first kappa shape index (κ1) is 15.9. The molecule has 2 atom stereocenters. The van der Waals surface area contributed by atoms with E-state index in [1.54, 1.807) is 0 Å². The number of carbonyl (C=O) groups is 1. The molecule has 1 aliphatic heterocycles. The van der Waals surface area contributed by atoms with Crippen molar-refractivity contribution in [1.29, 1.82) is 0 Å². The van der Waals surface area contributed by atoms with Crippen molar-refractivity contribution in [2.45, 2.75) is 76.8 Å². The van der Waals surface area contributed by atoms with E-state index >= 15 is 0 Å². The first-order valence-corrected chi connectivity index (χ1v) is 9.92. The first-order chi connectivity index (χ1) is 8.28. The second-order valence-electron chi connectivity index (χ2n) is 6.71. The van der Waals surface area contributed by atoms with Crippen molar-refractivity contribution >= 4 is 14.6 Å². The molecule has 106 valence electrons. The van der Waals surface area contributed by atoms with Crippen molar-refractivity contribution in [1.82, 2.24) is 0 Å². The molecule has 0 radical (unpaired) electrons. The van der Waals surface area contributed by atoms with Crippen molar-refractivity contribution in [2.24, 2.45) is 0 Å². The van der Waals surface area contributed by atoms with Crippen LogP contribution in [0, 0.1) is 0 Å².